The van der Waals surface area contributed by atoms with Gasteiger partial charge >= 0.3 is 0 Å². The molecule has 7 nitrogen and oxygen atoms in total. The molecule has 20 heavy (non-hydrogen) atoms. The van der Waals surface area contributed by atoms with Crippen molar-refractivity contribution in [1.82, 2.24) is 4.31 Å². The molecule has 0 aliphatic heterocycles. The quantitative estimate of drug-likeness (QED) is 0.571. The van der Waals surface area contributed by atoms with Gasteiger partial charge in [0.25, 0.3) is 0 Å². The van der Waals surface area contributed by atoms with E-state index in [4.69, 9.17) is 21.0 Å². The Hall–Kier alpha value is -2.29. The van der Waals surface area contributed by atoms with Crippen LogP contribution in [0.5, 0.6) is 5.75 Å². The third kappa shape index (κ3) is 4.43. The number of nitrogen functional groups attached to an aromatic ring is 1. The predicted octanol–water partition coefficient (Wildman–Crippen LogP) is 0.327. The molecule has 1 rings (SSSR count). The summed E-state index contributed by atoms with van der Waals surface area (Å²) in [5.41, 5.74) is 6.07. The fraction of sp³-hybridized carbons (Fsp3) is 0.333. The van der Waals surface area contributed by atoms with E-state index >= 15 is 0 Å². The number of para-hydroxylation sites is 2. The summed E-state index contributed by atoms with van der Waals surface area (Å²) in [4.78, 5) is 0. The first-order valence-corrected chi connectivity index (χ1v) is 7.31. The maximum atomic E-state index is 11.9. The zero-order valence-corrected chi connectivity index (χ0v) is 11.5. The van der Waals surface area contributed by atoms with E-state index in [0.717, 1.165) is 4.31 Å². The first-order chi connectivity index (χ1) is 9.51. The van der Waals surface area contributed by atoms with Gasteiger partial charge in [0.2, 0.25) is 10.0 Å². The lowest BCUT2D eigenvalue weighted by atomic mass is 10.3. The average molecular weight is 294 g/mol. The lowest BCUT2D eigenvalue weighted by Crippen LogP contribution is -2.35. The Balaban J connectivity index is 2.62. The van der Waals surface area contributed by atoms with Gasteiger partial charge in [-0.05, 0) is 12.1 Å². The van der Waals surface area contributed by atoms with E-state index in [1.165, 1.54) is 0 Å². The normalized spacial score (nSPS) is 10.8. The number of hydrogen-bond donors (Lipinski definition) is 1. The maximum absolute atomic E-state index is 11.9. The second kappa shape index (κ2) is 7.34. The molecule has 0 aliphatic carbocycles. The van der Waals surface area contributed by atoms with Gasteiger partial charge in [0.05, 0.1) is 23.6 Å². The van der Waals surface area contributed by atoms with Crippen molar-refractivity contribution in [3.8, 4) is 17.9 Å². The number of ether oxygens (including phenoxy) is 1. The van der Waals surface area contributed by atoms with Crippen molar-refractivity contribution in [3.63, 3.8) is 0 Å². The van der Waals surface area contributed by atoms with E-state index in [1.807, 2.05) is 0 Å². The van der Waals surface area contributed by atoms with Gasteiger partial charge in [0.15, 0.2) is 0 Å². The molecule has 0 fully saturated rings. The number of sulfonamides is 1. The van der Waals surface area contributed by atoms with Gasteiger partial charge in [0.1, 0.15) is 25.4 Å². The van der Waals surface area contributed by atoms with Crippen molar-refractivity contribution >= 4 is 15.7 Å². The van der Waals surface area contributed by atoms with Crippen LogP contribution in [0.1, 0.15) is 0 Å². The van der Waals surface area contributed by atoms with Gasteiger partial charge in [0, 0.05) is 0 Å². The van der Waals surface area contributed by atoms with Crippen molar-refractivity contribution < 1.29 is 13.2 Å². The highest BCUT2D eigenvalue weighted by Crippen LogP contribution is 2.19. The van der Waals surface area contributed by atoms with Crippen molar-refractivity contribution in [2.45, 2.75) is 0 Å². The predicted molar refractivity (Wildman–Crippen MR) is 72.9 cm³/mol. The van der Waals surface area contributed by atoms with Crippen LogP contribution in [0.2, 0.25) is 0 Å². The van der Waals surface area contributed by atoms with Gasteiger partial charge in [-0.1, -0.05) is 12.1 Å². The number of hydrogen-bond acceptors (Lipinski definition) is 6. The Morgan fingerprint density at radius 2 is 1.80 bits per heavy atom. The zero-order valence-electron chi connectivity index (χ0n) is 10.7. The number of anilines is 1. The molecule has 8 heteroatoms. The van der Waals surface area contributed by atoms with Gasteiger partial charge in [-0.25, -0.2) is 8.42 Å². The Kier molecular flexibility index (Phi) is 5.78. The number of nitriles is 2. The summed E-state index contributed by atoms with van der Waals surface area (Å²) in [6, 6.07) is 10.1. The SMILES string of the molecule is N#CCN(CC#N)S(=O)(=O)CCOc1ccccc1N. The third-order valence-electron chi connectivity index (χ3n) is 2.41. The van der Waals surface area contributed by atoms with Crippen LogP contribution >= 0.6 is 0 Å². The number of nitrogens with two attached hydrogens (primary N) is 1. The van der Waals surface area contributed by atoms with Crippen LogP contribution < -0.4 is 10.5 Å². The summed E-state index contributed by atoms with van der Waals surface area (Å²) in [6.07, 6.45) is 0. The molecule has 0 heterocycles. The molecule has 2 N–H and O–H groups in total. The Bertz CT molecular complexity index is 615. The fourth-order valence-electron chi connectivity index (χ4n) is 1.41. The highest BCUT2D eigenvalue weighted by atomic mass is 32.2. The summed E-state index contributed by atoms with van der Waals surface area (Å²) < 4.78 is 29.9. The number of nitrogens with zero attached hydrogens (tertiary/aromatic N) is 3. The molecular formula is C12H14N4O3S. The number of benzene rings is 1. The Morgan fingerprint density at radius 3 is 2.35 bits per heavy atom. The molecule has 1 aromatic rings. The fourth-order valence-corrected chi connectivity index (χ4v) is 2.47. The van der Waals surface area contributed by atoms with Gasteiger partial charge < -0.3 is 10.5 Å². The molecule has 0 unspecified atom stereocenters. The lowest BCUT2D eigenvalue weighted by molar-refractivity contribution is 0.338. The zero-order chi connectivity index (χ0) is 15.0. The third-order valence-corrected chi connectivity index (χ3v) is 4.13. The molecule has 1 aromatic carbocycles. The largest absolute Gasteiger partial charge is 0.490 e. The van der Waals surface area contributed by atoms with Gasteiger partial charge in [-0.2, -0.15) is 14.8 Å². The van der Waals surface area contributed by atoms with Crippen LogP contribution in [0, 0.1) is 22.7 Å². The summed E-state index contributed by atoms with van der Waals surface area (Å²) in [5, 5.41) is 17.1. The molecule has 0 saturated carbocycles. The summed E-state index contributed by atoms with van der Waals surface area (Å²) in [6.45, 7) is -0.823. The van der Waals surface area contributed by atoms with Crippen molar-refractivity contribution in [2.75, 3.05) is 31.2 Å². The molecule has 0 aliphatic rings. The van der Waals surface area contributed by atoms with E-state index in [0.29, 0.717) is 11.4 Å². The van der Waals surface area contributed by atoms with Gasteiger partial charge in [-0.3, -0.25) is 0 Å². The molecule has 106 valence electrons. The number of rotatable bonds is 7. The summed E-state index contributed by atoms with van der Waals surface area (Å²) in [7, 11) is -3.71. The molecule has 0 radical (unpaired) electrons. The second-order valence-corrected chi connectivity index (χ2v) is 5.88. The summed E-state index contributed by atoms with van der Waals surface area (Å²) in [5.74, 6) is 0.0693. The smallest absolute Gasteiger partial charge is 0.219 e. The van der Waals surface area contributed by atoms with Crippen LogP contribution in [-0.2, 0) is 10.0 Å². The maximum Gasteiger partial charge on any atom is 0.219 e. The second-order valence-electron chi connectivity index (χ2n) is 3.79. The minimum atomic E-state index is -3.71. The van der Waals surface area contributed by atoms with Crippen molar-refractivity contribution in [2.24, 2.45) is 0 Å². The van der Waals surface area contributed by atoms with Crippen molar-refractivity contribution in [1.29, 1.82) is 10.5 Å². The molecule has 0 amide bonds. The molecule has 0 saturated heterocycles. The molecule has 0 atom stereocenters. The minimum absolute atomic E-state index is 0.107. The molecular weight excluding hydrogens is 280 g/mol. The van der Waals surface area contributed by atoms with Crippen LogP contribution in [0.15, 0.2) is 24.3 Å². The van der Waals surface area contributed by atoms with E-state index in [1.54, 1.807) is 36.4 Å². The van der Waals surface area contributed by atoms with Crippen LogP contribution in [0.3, 0.4) is 0 Å². The average Bonchev–Trinajstić information content (AvgIpc) is 2.40. The van der Waals surface area contributed by atoms with Gasteiger partial charge in [-0.15, -0.1) is 0 Å². The summed E-state index contributed by atoms with van der Waals surface area (Å²) >= 11 is 0. The van der Waals surface area contributed by atoms with E-state index in [9.17, 15) is 8.42 Å². The van der Waals surface area contributed by atoms with E-state index in [-0.39, 0.29) is 25.4 Å². The Labute approximate surface area is 117 Å². The van der Waals surface area contributed by atoms with Crippen molar-refractivity contribution in [3.05, 3.63) is 24.3 Å². The lowest BCUT2D eigenvalue weighted by Gasteiger charge is -2.16. The Morgan fingerprint density at radius 1 is 1.20 bits per heavy atom. The molecule has 0 spiro atoms. The monoisotopic (exact) mass is 294 g/mol. The first kappa shape index (κ1) is 15.8. The minimum Gasteiger partial charge on any atom is -0.490 e. The standard InChI is InChI=1S/C12H14N4O3S/c13-5-7-16(8-6-14)20(17,18)10-9-19-12-4-2-1-3-11(12)15/h1-4H,7-10,15H2. The molecule has 0 aromatic heterocycles. The van der Waals surface area contributed by atoms with E-state index in [2.05, 4.69) is 0 Å². The topological polar surface area (TPSA) is 120 Å². The first-order valence-electron chi connectivity index (χ1n) is 5.70. The highest BCUT2D eigenvalue weighted by Gasteiger charge is 2.21. The molecule has 0 bridgehead atoms. The van der Waals surface area contributed by atoms with E-state index < -0.39 is 10.0 Å². The van der Waals surface area contributed by atoms with Crippen LogP contribution in [-0.4, -0.2) is 38.2 Å². The highest BCUT2D eigenvalue weighted by molar-refractivity contribution is 7.89. The van der Waals surface area contributed by atoms with Crippen LogP contribution in [0.4, 0.5) is 5.69 Å². The van der Waals surface area contributed by atoms with Crippen LogP contribution in [0.25, 0.3) is 0 Å².